The molecule has 33 heavy (non-hydrogen) atoms. The molecule has 0 radical (unpaired) electrons. The highest BCUT2D eigenvalue weighted by atomic mass is 16.6. The first kappa shape index (κ1) is 28.9. The molecule has 0 fully saturated rings. The van der Waals surface area contributed by atoms with E-state index in [9.17, 15) is 14.7 Å². The van der Waals surface area contributed by atoms with Crippen LogP contribution < -0.4 is 0 Å². The summed E-state index contributed by atoms with van der Waals surface area (Å²) in [5.41, 5.74) is 0.238. The van der Waals surface area contributed by atoms with Gasteiger partial charge in [-0.25, -0.2) is 0 Å². The molecule has 1 aromatic rings. The van der Waals surface area contributed by atoms with Crippen LogP contribution in [0.2, 0.25) is 0 Å². The van der Waals surface area contributed by atoms with Crippen molar-refractivity contribution in [1.82, 2.24) is 0 Å². The summed E-state index contributed by atoms with van der Waals surface area (Å²) < 4.78 is 16.5. The maximum Gasteiger partial charge on any atom is 0.312 e. The smallest absolute Gasteiger partial charge is 0.312 e. The van der Waals surface area contributed by atoms with Crippen LogP contribution in [0.3, 0.4) is 0 Å². The molecule has 186 valence electrons. The number of rotatable bonds is 14. The first-order valence-electron chi connectivity index (χ1n) is 11.8. The molecule has 0 spiro atoms. The molecule has 1 aromatic carbocycles. The van der Waals surface area contributed by atoms with Crippen LogP contribution in [0.25, 0.3) is 0 Å². The van der Waals surface area contributed by atoms with Crippen LogP contribution in [0.15, 0.2) is 42.5 Å². The van der Waals surface area contributed by atoms with Gasteiger partial charge in [-0.2, -0.15) is 0 Å². The quantitative estimate of drug-likeness (QED) is 0.236. The van der Waals surface area contributed by atoms with Crippen molar-refractivity contribution in [2.45, 2.75) is 79.1 Å². The highest BCUT2D eigenvalue weighted by Gasteiger charge is 2.27. The van der Waals surface area contributed by atoms with Gasteiger partial charge in [0.05, 0.1) is 31.7 Å². The molecule has 0 heterocycles. The summed E-state index contributed by atoms with van der Waals surface area (Å²) in [6.07, 6.45) is 5.21. The number of benzene rings is 1. The summed E-state index contributed by atoms with van der Waals surface area (Å²) in [5, 5.41) is 9.98. The SMILES string of the molecule is CC(C)CC[C@H](/C=C/COC[C@H](CC(=O)OC(C)(C)C)C(=O)OCc1ccccc1)[C@H](C)O. The number of aliphatic hydroxyl groups excluding tert-OH is 1. The molecule has 6 heteroatoms. The van der Waals surface area contributed by atoms with Gasteiger partial charge in [0.15, 0.2) is 0 Å². The average Bonchev–Trinajstić information content (AvgIpc) is 2.72. The highest BCUT2D eigenvalue weighted by Crippen LogP contribution is 2.18. The van der Waals surface area contributed by atoms with Gasteiger partial charge < -0.3 is 19.3 Å². The van der Waals surface area contributed by atoms with Gasteiger partial charge in [-0.15, -0.1) is 0 Å². The minimum atomic E-state index is -0.759. The van der Waals surface area contributed by atoms with Gasteiger partial charge in [0.2, 0.25) is 0 Å². The lowest BCUT2D eigenvalue weighted by atomic mass is 9.93. The van der Waals surface area contributed by atoms with Gasteiger partial charge in [0, 0.05) is 5.92 Å². The Hall–Kier alpha value is -2.18. The van der Waals surface area contributed by atoms with Gasteiger partial charge in [-0.3, -0.25) is 9.59 Å². The molecule has 6 nitrogen and oxygen atoms in total. The average molecular weight is 463 g/mol. The monoisotopic (exact) mass is 462 g/mol. The zero-order chi connectivity index (χ0) is 24.9. The summed E-state index contributed by atoms with van der Waals surface area (Å²) in [5.74, 6) is -1.08. The van der Waals surface area contributed by atoms with Crippen molar-refractivity contribution in [3.63, 3.8) is 0 Å². The largest absolute Gasteiger partial charge is 0.461 e. The van der Waals surface area contributed by atoms with Crippen molar-refractivity contribution >= 4 is 11.9 Å². The lowest BCUT2D eigenvalue weighted by Gasteiger charge is -2.22. The first-order chi connectivity index (χ1) is 15.5. The minimum absolute atomic E-state index is 0.0442. The Kier molecular flexibility index (Phi) is 13.0. The van der Waals surface area contributed by atoms with E-state index in [4.69, 9.17) is 14.2 Å². The Morgan fingerprint density at radius 2 is 1.73 bits per heavy atom. The number of esters is 2. The normalized spacial score (nSPS) is 14.8. The van der Waals surface area contributed by atoms with Gasteiger partial charge >= 0.3 is 11.9 Å². The van der Waals surface area contributed by atoms with E-state index in [1.807, 2.05) is 42.5 Å². The third-order valence-corrected chi connectivity index (χ3v) is 5.00. The van der Waals surface area contributed by atoms with Gasteiger partial charge in [0.25, 0.3) is 0 Å². The molecule has 1 rings (SSSR count). The molecule has 0 saturated carbocycles. The second-order valence-corrected chi connectivity index (χ2v) is 9.92. The summed E-state index contributed by atoms with van der Waals surface area (Å²) in [6.45, 7) is 11.9. The third-order valence-electron chi connectivity index (χ3n) is 5.00. The predicted octanol–water partition coefficient (Wildman–Crippen LogP) is 5.08. The fourth-order valence-electron chi connectivity index (χ4n) is 3.17. The number of carbonyl (C=O) groups excluding carboxylic acids is 2. The summed E-state index contributed by atoms with van der Waals surface area (Å²) in [4.78, 5) is 25.0. The van der Waals surface area contributed by atoms with E-state index in [1.165, 1.54) is 0 Å². The summed E-state index contributed by atoms with van der Waals surface area (Å²) >= 11 is 0. The molecule has 0 amide bonds. The van der Waals surface area contributed by atoms with E-state index in [0.29, 0.717) is 5.92 Å². The number of carbonyl (C=O) groups is 2. The molecule has 3 atom stereocenters. The van der Waals surface area contributed by atoms with E-state index in [0.717, 1.165) is 18.4 Å². The Labute approximate surface area is 199 Å². The highest BCUT2D eigenvalue weighted by molar-refractivity contribution is 5.80. The lowest BCUT2D eigenvalue weighted by Crippen LogP contribution is -2.30. The van der Waals surface area contributed by atoms with Crippen LogP contribution in [0.5, 0.6) is 0 Å². The number of aliphatic hydroxyl groups is 1. The second kappa shape index (κ2) is 14.9. The van der Waals surface area contributed by atoms with Gasteiger partial charge in [-0.1, -0.05) is 62.8 Å². The van der Waals surface area contributed by atoms with Crippen molar-refractivity contribution in [3.05, 3.63) is 48.0 Å². The van der Waals surface area contributed by atoms with Crippen molar-refractivity contribution < 1.29 is 28.9 Å². The Bertz CT molecular complexity index is 718. The van der Waals surface area contributed by atoms with Crippen LogP contribution in [0.4, 0.5) is 0 Å². The van der Waals surface area contributed by atoms with Crippen LogP contribution in [0.1, 0.15) is 66.4 Å². The van der Waals surface area contributed by atoms with Gasteiger partial charge in [-0.05, 0) is 45.6 Å². The van der Waals surface area contributed by atoms with Crippen molar-refractivity contribution in [2.75, 3.05) is 13.2 Å². The van der Waals surface area contributed by atoms with Crippen molar-refractivity contribution in [1.29, 1.82) is 0 Å². The topological polar surface area (TPSA) is 82.1 Å². The Morgan fingerprint density at radius 3 is 2.30 bits per heavy atom. The standard InChI is InChI=1S/C27H42O6/c1-20(2)14-15-23(21(3)28)13-10-16-31-19-24(17-25(29)33-27(4,5)6)26(30)32-18-22-11-8-7-9-12-22/h7-13,20-21,23-24,28H,14-19H2,1-6H3/b13-10+/t21-,23-,24-/m0/s1. The van der Waals surface area contributed by atoms with Crippen molar-refractivity contribution in [2.24, 2.45) is 17.8 Å². The van der Waals surface area contributed by atoms with E-state index in [-0.39, 0.29) is 32.2 Å². The number of hydrogen-bond acceptors (Lipinski definition) is 6. The molecule has 0 aromatic heterocycles. The van der Waals surface area contributed by atoms with Crippen LogP contribution in [-0.4, -0.2) is 42.0 Å². The molecule has 0 bridgehead atoms. The molecule has 0 saturated heterocycles. The van der Waals surface area contributed by atoms with E-state index < -0.39 is 29.6 Å². The molecular weight excluding hydrogens is 420 g/mol. The first-order valence-corrected chi connectivity index (χ1v) is 11.8. The van der Waals surface area contributed by atoms with Crippen molar-refractivity contribution in [3.8, 4) is 0 Å². The van der Waals surface area contributed by atoms with E-state index in [2.05, 4.69) is 13.8 Å². The second-order valence-electron chi connectivity index (χ2n) is 9.92. The summed E-state index contributed by atoms with van der Waals surface area (Å²) in [7, 11) is 0. The maximum absolute atomic E-state index is 12.7. The van der Waals surface area contributed by atoms with Crippen LogP contribution in [-0.2, 0) is 30.4 Å². The Balaban J connectivity index is 2.64. The third kappa shape index (κ3) is 13.9. The molecule has 0 aliphatic rings. The van der Waals surface area contributed by atoms with E-state index >= 15 is 0 Å². The molecule has 0 aliphatic heterocycles. The lowest BCUT2D eigenvalue weighted by molar-refractivity contribution is -0.163. The zero-order valence-electron chi connectivity index (χ0n) is 21.1. The number of ether oxygens (including phenoxy) is 3. The molecule has 1 N–H and O–H groups in total. The fourth-order valence-corrected chi connectivity index (χ4v) is 3.17. The van der Waals surface area contributed by atoms with Crippen LogP contribution in [0, 0.1) is 17.8 Å². The minimum Gasteiger partial charge on any atom is -0.461 e. The fraction of sp³-hybridized carbons (Fsp3) is 0.630. The van der Waals surface area contributed by atoms with Crippen LogP contribution >= 0.6 is 0 Å². The summed E-state index contributed by atoms with van der Waals surface area (Å²) in [6, 6.07) is 9.38. The molecule has 0 unspecified atom stereocenters. The predicted molar refractivity (Wildman–Crippen MR) is 129 cm³/mol. The van der Waals surface area contributed by atoms with E-state index in [1.54, 1.807) is 27.7 Å². The maximum atomic E-state index is 12.7. The van der Waals surface area contributed by atoms with Gasteiger partial charge in [0.1, 0.15) is 12.2 Å². The number of hydrogen-bond donors (Lipinski definition) is 1. The zero-order valence-corrected chi connectivity index (χ0v) is 21.1. The Morgan fingerprint density at radius 1 is 1.06 bits per heavy atom. The molecule has 0 aliphatic carbocycles. The molecular formula is C27H42O6.